The highest BCUT2D eigenvalue weighted by molar-refractivity contribution is 6.30. The number of benzene rings is 2. The Hall–Kier alpha value is -2.62. The van der Waals surface area contributed by atoms with Gasteiger partial charge in [0.2, 0.25) is 17.7 Å². The van der Waals surface area contributed by atoms with E-state index in [2.05, 4.69) is 16.0 Å². The van der Waals surface area contributed by atoms with Crippen LogP contribution >= 0.6 is 11.6 Å². The van der Waals surface area contributed by atoms with Crippen molar-refractivity contribution < 1.29 is 27.9 Å². The largest absolute Gasteiger partial charge is 0.393 e. The molecule has 4 N–H and O–H groups in total. The summed E-state index contributed by atoms with van der Waals surface area (Å²) in [5, 5.41) is 19.3. The number of fused-ring (bicyclic) bond motifs is 3. The lowest BCUT2D eigenvalue weighted by atomic mass is 9.55. The van der Waals surface area contributed by atoms with Gasteiger partial charge in [0, 0.05) is 36.0 Å². The fourth-order valence-corrected chi connectivity index (χ4v) is 8.09. The van der Waals surface area contributed by atoms with Crippen LogP contribution in [0.25, 0.3) is 0 Å². The first-order valence-electron chi connectivity index (χ1n) is 14.5. The lowest BCUT2D eigenvalue weighted by Gasteiger charge is -2.48. The minimum atomic E-state index is -2.90. The Bertz CT molecular complexity index is 1370. The predicted molar refractivity (Wildman–Crippen MR) is 150 cm³/mol. The number of carbonyl (C=O) groups is 2. The molecule has 0 aromatic heterocycles. The number of anilines is 1. The number of carbonyl (C=O) groups excluding carboxylic acids is 2. The van der Waals surface area contributed by atoms with E-state index in [0.717, 1.165) is 12.0 Å². The molecule has 6 rings (SSSR count). The Morgan fingerprint density at radius 1 is 1.10 bits per heavy atom. The Kier molecular flexibility index (Phi) is 7.14. The van der Waals surface area contributed by atoms with Crippen molar-refractivity contribution in [3.8, 4) is 0 Å². The summed E-state index contributed by atoms with van der Waals surface area (Å²) in [4.78, 5) is 28.5. The first-order chi connectivity index (χ1) is 19.5. The van der Waals surface area contributed by atoms with Crippen LogP contribution in [0.4, 0.5) is 18.9 Å². The first-order valence-corrected chi connectivity index (χ1v) is 14.9. The van der Waals surface area contributed by atoms with E-state index in [4.69, 9.17) is 11.6 Å². The molecule has 2 amide bonds. The van der Waals surface area contributed by atoms with Gasteiger partial charge in [0.05, 0.1) is 17.2 Å². The van der Waals surface area contributed by atoms with Crippen molar-refractivity contribution in [3.05, 3.63) is 63.9 Å². The van der Waals surface area contributed by atoms with Crippen LogP contribution in [-0.4, -0.2) is 46.6 Å². The van der Waals surface area contributed by atoms with E-state index in [-0.39, 0.29) is 29.5 Å². The van der Waals surface area contributed by atoms with Crippen LogP contribution in [0.15, 0.2) is 36.4 Å². The minimum absolute atomic E-state index is 0.0690. The summed E-state index contributed by atoms with van der Waals surface area (Å²) in [5.74, 6) is -5.55. The molecule has 4 aliphatic rings. The molecular weight excluding hydrogens is 555 g/mol. The van der Waals surface area contributed by atoms with Crippen LogP contribution in [0.5, 0.6) is 0 Å². The van der Waals surface area contributed by atoms with Gasteiger partial charge in [-0.1, -0.05) is 42.8 Å². The third-order valence-electron chi connectivity index (χ3n) is 9.99. The normalized spacial score (nSPS) is 31.7. The Morgan fingerprint density at radius 2 is 1.80 bits per heavy atom. The van der Waals surface area contributed by atoms with E-state index >= 15 is 4.39 Å². The molecule has 3 atom stereocenters. The second-order valence-corrected chi connectivity index (χ2v) is 12.6. The van der Waals surface area contributed by atoms with Crippen LogP contribution in [0, 0.1) is 5.82 Å². The summed E-state index contributed by atoms with van der Waals surface area (Å²) in [7, 11) is 0. The quantitative estimate of drug-likeness (QED) is 0.387. The highest BCUT2D eigenvalue weighted by Crippen LogP contribution is 2.63. The second kappa shape index (κ2) is 10.3. The molecule has 0 bridgehead atoms. The molecule has 2 saturated carbocycles. The molecule has 10 heteroatoms. The Morgan fingerprint density at radius 3 is 2.49 bits per heavy atom. The molecule has 2 heterocycles. The highest BCUT2D eigenvalue weighted by atomic mass is 35.5. The summed E-state index contributed by atoms with van der Waals surface area (Å²) in [6.07, 6.45) is 1.52. The van der Waals surface area contributed by atoms with Gasteiger partial charge in [-0.25, -0.2) is 13.2 Å². The number of alkyl halides is 2. The summed E-state index contributed by atoms with van der Waals surface area (Å²) >= 11 is 6.26. The van der Waals surface area contributed by atoms with E-state index < -0.39 is 65.4 Å². The number of hydrogen-bond acceptors (Lipinski definition) is 4. The highest BCUT2D eigenvalue weighted by Gasteiger charge is 2.73. The van der Waals surface area contributed by atoms with Crippen molar-refractivity contribution in [2.24, 2.45) is 0 Å². The maximum atomic E-state index is 16.0. The number of amides is 2. The van der Waals surface area contributed by atoms with Gasteiger partial charge < -0.3 is 15.7 Å². The predicted octanol–water partition coefficient (Wildman–Crippen LogP) is 5.35. The number of aliphatic hydroxyl groups excluding tert-OH is 1. The summed E-state index contributed by atoms with van der Waals surface area (Å²) in [6.45, 7) is 1.99. The van der Waals surface area contributed by atoms with Gasteiger partial charge in [0.1, 0.15) is 11.2 Å². The molecule has 2 aromatic rings. The maximum Gasteiger partial charge on any atom is 0.248 e. The average Bonchev–Trinajstić information content (AvgIpc) is 3.41. The topological polar surface area (TPSA) is 90.5 Å². The van der Waals surface area contributed by atoms with Crippen LogP contribution in [-0.2, 0) is 21.4 Å². The molecule has 6 nitrogen and oxygen atoms in total. The van der Waals surface area contributed by atoms with E-state index in [9.17, 15) is 23.5 Å². The fourth-order valence-electron chi connectivity index (χ4n) is 7.91. The van der Waals surface area contributed by atoms with Gasteiger partial charge in [-0.15, -0.1) is 0 Å². The SMILES string of the molecule is CCc1ccc2c(c1)NC(=O)C21C(c2cccc(Cl)c2F)C(C(=O)NC2CCC(O)CC2)NC12CCC(F)(F)CC2. The fraction of sp³-hybridized carbons (Fsp3) is 0.548. The van der Waals surface area contributed by atoms with Crippen LogP contribution < -0.4 is 16.0 Å². The third-order valence-corrected chi connectivity index (χ3v) is 10.3. The van der Waals surface area contributed by atoms with E-state index in [1.54, 1.807) is 6.07 Å². The van der Waals surface area contributed by atoms with Gasteiger partial charge in [-0.3, -0.25) is 14.9 Å². The van der Waals surface area contributed by atoms with Gasteiger partial charge in [0.25, 0.3) is 0 Å². The van der Waals surface area contributed by atoms with Crippen LogP contribution in [0.2, 0.25) is 5.02 Å². The van der Waals surface area contributed by atoms with Gasteiger partial charge in [-0.05, 0) is 73.8 Å². The zero-order valence-electron chi connectivity index (χ0n) is 22.9. The lowest BCUT2D eigenvalue weighted by Crippen LogP contribution is -2.62. The van der Waals surface area contributed by atoms with Crippen LogP contribution in [0.3, 0.4) is 0 Å². The zero-order chi connectivity index (χ0) is 29.2. The van der Waals surface area contributed by atoms with Gasteiger partial charge in [-0.2, -0.15) is 0 Å². The smallest absolute Gasteiger partial charge is 0.248 e. The van der Waals surface area contributed by atoms with Crippen molar-refractivity contribution in [2.75, 3.05) is 5.32 Å². The number of nitrogens with one attached hydrogen (secondary N) is 3. The minimum Gasteiger partial charge on any atom is -0.393 e. The molecule has 3 unspecified atom stereocenters. The average molecular weight is 590 g/mol. The summed E-state index contributed by atoms with van der Waals surface area (Å²) < 4.78 is 45.2. The lowest BCUT2D eigenvalue weighted by molar-refractivity contribution is -0.126. The molecule has 0 radical (unpaired) electrons. The van der Waals surface area contributed by atoms with Crippen molar-refractivity contribution in [2.45, 2.75) is 106 Å². The van der Waals surface area contributed by atoms with Crippen molar-refractivity contribution >= 4 is 29.1 Å². The summed E-state index contributed by atoms with van der Waals surface area (Å²) in [5.41, 5.74) is -0.555. The molecule has 1 saturated heterocycles. The molecule has 220 valence electrons. The third kappa shape index (κ3) is 4.46. The summed E-state index contributed by atoms with van der Waals surface area (Å²) in [6, 6.07) is 8.85. The van der Waals surface area contributed by atoms with Gasteiger partial charge >= 0.3 is 0 Å². The monoisotopic (exact) mass is 589 g/mol. The number of aliphatic hydroxyl groups is 1. The zero-order valence-corrected chi connectivity index (χ0v) is 23.7. The molecule has 2 aliphatic heterocycles. The standard InChI is InChI=1S/C31H35ClF3N3O3/c1-2-17-6-11-21-23(16-17)37-28(41)31(21)24(20-4-3-5-22(32)25(20)33)26(27(40)36-18-7-9-19(39)10-8-18)38-29(31)12-14-30(34,35)15-13-29/h3-6,11,16,18-19,24,26,38-39H,2,7-10,12-15H2,1H3,(H,36,40)(H,37,41). The second-order valence-electron chi connectivity index (χ2n) is 12.2. The molecule has 41 heavy (non-hydrogen) atoms. The van der Waals surface area contributed by atoms with Crippen LogP contribution in [0.1, 0.15) is 80.9 Å². The van der Waals surface area contributed by atoms with Crippen molar-refractivity contribution in [1.29, 1.82) is 0 Å². The molecule has 3 fully saturated rings. The van der Waals surface area contributed by atoms with E-state index in [0.29, 0.717) is 36.9 Å². The van der Waals surface area contributed by atoms with Crippen molar-refractivity contribution in [1.82, 2.24) is 10.6 Å². The first kappa shape index (κ1) is 28.5. The number of halogens is 4. The maximum absolute atomic E-state index is 16.0. The Labute approximate surface area is 242 Å². The van der Waals surface area contributed by atoms with Crippen molar-refractivity contribution in [3.63, 3.8) is 0 Å². The molecule has 2 aliphatic carbocycles. The van der Waals surface area contributed by atoms with Gasteiger partial charge in [0.15, 0.2) is 0 Å². The molecule has 2 spiro atoms. The molecule has 2 aromatic carbocycles. The molecular formula is C31H35ClF3N3O3. The number of aryl methyl sites for hydroxylation is 1. The van der Waals surface area contributed by atoms with E-state index in [1.165, 1.54) is 12.1 Å². The number of rotatable bonds is 4. The van der Waals surface area contributed by atoms with E-state index in [1.807, 2.05) is 25.1 Å². The Balaban J connectivity index is 1.54. The number of hydrogen-bond donors (Lipinski definition) is 4.